The Kier molecular flexibility index (Phi) is 8.40. The maximum Gasteiger partial charge on any atom is 0.337 e. The topological polar surface area (TPSA) is 138 Å². The van der Waals surface area contributed by atoms with Gasteiger partial charge < -0.3 is 15.2 Å². The molecule has 0 spiro atoms. The molecule has 2 atom stereocenters. The number of amidine groups is 1. The molecule has 0 radical (unpaired) electrons. The van der Waals surface area contributed by atoms with Gasteiger partial charge in [0.2, 0.25) is 10.0 Å². The number of sulfonamides is 1. The average Bonchev–Trinajstić information content (AvgIpc) is 3.45. The number of rotatable bonds is 8. The van der Waals surface area contributed by atoms with Crippen LogP contribution in [0.4, 0.5) is 4.39 Å². The highest BCUT2D eigenvalue weighted by Crippen LogP contribution is 2.48. The number of hydrogen-bond acceptors (Lipinski definition) is 9. The largest absolute Gasteiger partial charge is 0.481 e. The number of thiazole rings is 1. The Balaban J connectivity index is 1.73. The fraction of sp³-hybridized carbons (Fsp3) is 0.500. The standard InChI is InChI=1S/C24H28ClFN4O6S2/c1-24(8-3-4-15(26)19(24)25)20-17(23(33)36-2)18(28-21(29-20)22-27-9-12-37-22)14-5-10-30(11-6-14)38(34,35)13-7-16(31)32/h3-4,9,12,14,20H,5-8,10-11,13H2,1-2H3,(H,28,29)(H,31,32)/t20-,24?/m0/s1. The van der Waals surface area contributed by atoms with Crippen LogP contribution in [-0.2, 0) is 24.3 Å². The number of carboxylic acid groups (broad SMARTS) is 1. The Morgan fingerprint density at radius 2 is 2.08 bits per heavy atom. The second kappa shape index (κ2) is 11.2. The number of aliphatic carboxylic acids is 1. The highest BCUT2D eigenvalue weighted by Gasteiger charge is 2.48. The zero-order valence-corrected chi connectivity index (χ0v) is 23.2. The first-order valence-electron chi connectivity index (χ1n) is 12.0. The normalized spacial score (nSPS) is 25.3. The van der Waals surface area contributed by atoms with E-state index in [1.807, 2.05) is 0 Å². The number of halogens is 2. The Morgan fingerprint density at radius 3 is 2.68 bits per heavy atom. The molecular formula is C24H28ClFN4O6S2. The van der Waals surface area contributed by atoms with Crippen LogP contribution in [0.3, 0.4) is 0 Å². The Hall–Kier alpha value is -2.61. The Bertz CT molecular complexity index is 1330. The summed E-state index contributed by atoms with van der Waals surface area (Å²) in [5, 5.41) is 14.5. The fourth-order valence-electron chi connectivity index (χ4n) is 4.97. The smallest absolute Gasteiger partial charge is 0.337 e. The van der Waals surface area contributed by atoms with Gasteiger partial charge in [0.15, 0.2) is 10.8 Å². The van der Waals surface area contributed by atoms with E-state index in [2.05, 4.69) is 10.3 Å². The molecule has 2 aliphatic heterocycles. The third-order valence-corrected chi connectivity index (χ3v) is 10.3. The summed E-state index contributed by atoms with van der Waals surface area (Å²) in [5.41, 5.74) is -0.352. The molecule has 1 aromatic rings. The number of carboxylic acids is 1. The Morgan fingerprint density at radius 1 is 1.37 bits per heavy atom. The van der Waals surface area contributed by atoms with Gasteiger partial charge in [0.25, 0.3) is 0 Å². The fourth-order valence-corrected chi connectivity index (χ4v) is 7.26. The highest BCUT2D eigenvalue weighted by molar-refractivity contribution is 7.89. The quantitative estimate of drug-likeness (QED) is 0.443. The predicted molar refractivity (Wildman–Crippen MR) is 141 cm³/mol. The second-order valence-corrected chi connectivity index (χ2v) is 12.8. The SMILES string of the molecule is COC(=O)C1=C(C2CCN(S(=O)(=O)CCC(=O)O)CC2)NC(c2nccs2)=N[C@@H]1C1(C)CC=CC(F)=C1Cl. The summed E-state index contributed by atoms with van der Waals surface area (Å²) in [4.78, 5) is 33.3. The van der Waals surface area contributed by atoms with Crippen molar-refractivity contribution in [3.63, 3.8) is 0 Å². The van der Waals surface area contributed by atoms with Gasteiger partial charge in [-0.15, -0.1) is 11.3 Å². The van der Waals surface area contributed by atoms with E-state index in [0.29, 0.717) is 35.8 Å². The van der Waals surface area contributed by atoms with E-state index in [-0.39, 0.29) is 29.6 Å². The zero-order valence-electron chi connectivity index (χ0n) is 20.8. The lowest BCUT2D eigenvalue weighted by molar-refractivity contribution is -0.137. The van der Waals surface area contributed by atoms with Crippen molar-refractivity contribution in [3.8, 4) is 0 Å². The van der Waals surface area contributed by atoms with Gasteiger partial charge in [-0.2, -0.15) is 0 Å². The van der Waals surface area contributed by atoms with Gasteiger partial charge in [-0.1, -0.05) is 24.6 Å². The number of esters is 1. The van der Waals surface area contributed by atoms with Crippen LogP contribution < -0.4 is 5.32 Å². The molecule has 0 amide bonds. The molecule has 3 heterocycles. The molecule has 206 valence electrons. The van der Waals surface area contributed by atoms with Crippen molar-refractivity contribution in [1.82, 2.24) is 14.6 Å². The van der Waals surface area contributed by atoms with Gasteiger partial charge in [-0.25, -0.2) is 26.9 Å². The van der Waals surface area contributed by atoms with E-state index in [4.69, 9.17) is 26.4 Å². The molecule has 2 N–H and O–H groups in total. The van der Waals surface area contributed by atoms with E-state index < -0.39 is 51.4 Å². The highest BCUT2D eigenvalue weighted by atomic mass is 35.5. The number of aliphatic imine (C=N–C) groups is 1. The van der Waals surface area contributed by atoms with Crippen LogP contribution in [-0.4, -0.2) is 72.6 Å². The van der Waals surface area contributed by atoms with E-state index in [0.717, 1.165) is 0 Å². The van der Waals surface area contributed by atoms with Gasteiger partial charge >= 0.3 is 11.9 Å². The summed E-state index contributed by atoms with van der Waals surface area (Å²) in [7, 11) is -2.49. The van der Waals surface area contributed by atoms with E-state index in [9.17, 15) is 22.4 Å². The molecule has 14 heteroatoms. The third kappa shape index (κ3) is 5.56. The number of allylic oxidation sites excluding steroid dienone is 4. The van der Waals surface area contributed by atoms with Crippen molar-refractivity contribution in [3.05, 3.63) is 50.9 Å². The summed E-state index contributed by atoms with van der Waals surface area (Å²) in [6, 6.07) is -0.898. The monoisotopic (exact) mass is 586 g/mol. The minimum atomic E-state index is -3.74. The number of aromatic nitrogens is 1. The van der Waals surface area contributed by atoms with Crippen LogP contribution in [0.1, 0.15) is 37.6 Å². The average molecular weight is 587 g/mol. The van der Waals surface area contributed by atoms with Crippen molar-refractivity contribution < 1.29 is 32.2 Å². The molecule has 1 saturated heterocycles. The summed E-state index contributed by atoms with van der Waals surface area (Å²) in [6.45, 7) is 2.04. The minimum absolute atomic E-state index is 0.0470. The molecule has 1 unspecified atom stereocenters. The first-order valence-corrected chi connectivity index (χ1v) is 14.8. The molecule has 3 aliphatic rings. The van der Waals surface area contributed by atoms with Gasteiger partial charge in [-0.05, 0) is 25.3 Å². The summed E-state index contributed by atoms with van der Waals surface area (Å²) < 4.78 is 46.4. The molecule has 1 aliphatic carbocycles. The predicted octanol–water partition coefficient (Wildman–Crippen LogP) is 3.19. The lowest BCUT2D eigenvalue weighted by Gasteiger charge is -2.42. The number of carbonyl (C=O) groups excluding carboxylic acids is 1. The second-order valence-electron chi connectivity index (χ2n) is 9.48. The van der Waals surface area contributed by atoms with Gasteiger partial charge in [0, 0.05) is 41.7 Å². The summed E-state index contributed by atoms with van der Waals surface area (Å²) in [6.07, 6.45) is 5.14. The van der Waals surface area contributed by atoms with E-state index in [1.54, 1.807) is 24.6 Å². The molecule has 0 saturated carbocycles. The van der Waals surface area contributed by atoms with Crippen LogP contribution in [0.2, 0.25) is 0 Å². The molecular weight excluding hydrogens is 559 g/mol. The number of nitrogens with zero attached hydrogens (tertiary/aromatic N) is 3. The molecule has 1 fully saturated rings. The zero-order chi connectivity index (χ0) is 27.7. The maximum absolute atomic E-state index is 14.7. The van der Waals surface area contributed by atoms with Crippen LogP contribution in [0, 0.1) is 11.3 Å². The number of piperidine rings is 1. The lowest BCUT2D eigenvalue weighted by atomic mass is 9.71. The number of hydrogen-bond donors (Lipinski definition) is 2. The number of methoxy groups -OCH3 is 1. The number of ether oxygens (including phenoxy) is 1. The molecule has 4 rings (SSSR count). The molecule has 0 bridgehead atoms. The van der Waals surface area contributed by atoms with E-state index >= 15 is 0 Å². The van der Waals surface area contributed by atoms with Gasteiger partial charge in [0.05, 0.1) is 35.9 Å². The molecule has 10 nitrogen and oxygen atoms in total. The van der Waals surface area contributed by atoms with E-state index in [1.165, 1.54) is 28.8 Å². The van der Waals surface area contributed by atoms with Gasteiger partial charge in [0.1, 0.15) is 5.83 Å². The van der Waals surface area contributed by atoms with Crippen LogP contribution in [0.15, 0.2) is 50.9 Å². The third-order valence-electron chi connectivity index (χ3n) is 7.07. The van der Waals surface area contributed by atoms with Crippen LogP contribution >= 0.6 is 22.9 Å². The molecule has 1 aromatic heterocycles. The molecule has 38 heavy (non-hydrogen) atoms. The minimum Gasteiger partial charge on any atom is -0.481 e. The maximum atomic E-state index is 14.7. The Labute approximate surface area is 229 Å². The summed E-state index contributed by atoms with van der Waals surface area (Å²) >= 11 is 7.85. The van der Waals surface area contributed by atoms with Crippen LogP contribution in [0.25, 0.3) is 0 Å². The van der Waals surface area contributed by atoms with Crippen LogP contribution in [0.5, 0.6) is 0 Å². The van der Waals surface area contributed by atoms with Crippen molar-refractivity contribution in [2.75, 3.05) is 26.0 Å². The number of carbonyl (C=O) groups is 2. The summed E-state index contributed by atoms with van der Waals surface area (Å²) in [5.74, 6) is -2.78. The van der Waals surface area contributed by atoms with Crippen molar-refractivity contribution in [2.45, 2.75) is 38.6 Å². The van der Waals surface area contributed by atoms with Crippen molar-refractivity contribution >= 4 is 50.7 Å². The van der Waals surface area contributed by atoms with Crippen molar-refractivity contribution in [2.24, 2.45) is 16.3 Å². The number of nitrogens with one attached hydrogen (secondary N) is 1. The first kappa shape index (κ1) is 28.4. The van der Waals surface area contributed by atoms with Gasteiger partial charge in [-0.3, -0.25) is 9.79 Å². The van der Waals surface area contributed by atoms with Crippen molar-refractivity contribution in [1.29, 1.82) is 0 Å². The molecule has 0 aromatic carbocycles. The lowest BCUT2D eigenvalue weighted by Crippen LogP contribution is -2.48. The first-order chi connectivity index (χ1) is 18.0.